The van der Waals surface area contributed by atoms with Crippen molar-refractivity contribution in [3.05, 3.63) is 65.7 Å². The van der Waals surface area contributed by atoms with Crippen molar-refractivity contribution in [3.8, 4) is 0 Å². The zero-order chi connectivity index (χ0) is 16.7. The molecule has 0 aliphatic carbocycles. The first-order valence-corrected chi connectivity index (χ1v) is 9.92. The average Bonchev–Trinajstić information content (AvgIpc) is 2.56. The number of halogens is 1. The smallest absolute Gasteiger partial charge is 0.240 e. The lowest BCUT2D eigenvalue weighted by atomic mass is 10.1. The molecule has 0 amide bonds. The molecule has 1 atom stereocenters. The van der Waals surface area contributed by atoms with Gasteiger partial charge in [0.05, 0.1) is 17.6 Å². The average molecular weight is 398 g/mol. The highest BCUT2D eigenvalue weighted by molar-refractivity contribution is 9.09. The number of ether oxygens (including phenoxy) is 1. The second-order valence-electron chi connectivity index (χ2n) is 5.12. The third-order valence-electron chi connectivity index (χ3n) is 3.36. The maximum absolute atomic E-state index is 12.4. The van der Waals surface area contributed by atoms with Crippen molar-refractivity contribution in [1.82, 2.24) is 4.72 Å². The molecule has 2 aromatic rings. The molecule has 2 rings (SSSR count). The monoisotopic (exact) mass is 397 g/mol. The van der Waals surface area contributed by atoms with Crippen LogP contribution >= 0.6 is 15.9 Å². The number of rotatable bonds is 8. The number of aryl methyl sites for hydroxylation is 1. The lowest BCUT2D eigenvalue weighted by Gasteiger charge is -2.18. The van der Waals surface area contributed by atoms with E-state index in [1.165, 1.54) is 0 Å². The Labute approximate surface area is 146 Å². The van der Waals surface area contributed by atoms with Crippen LogP contribution in [0.5, 0.6) is 0 Å². The molecule has 6 heteroatoms. The van der Waals surface area contributed by atoms with Crippen molar-refractivity contribution in [2.24, 2.45) is 0 Å². The van der Waals surface area contributed by atoms with Gasteiger partial charge in [0.2, 0.25) is 10.0 Å². The predicted octanol–water partition coefficient (Wildman–Crippen LogP) is 3.43. The van der Waals surface area contributed by atoms with Gasteiger partial charge in [-0.2, -0.15) is 0 Å². The number of sulfonamides is 1. The van der Waals surface area contributed by atoms with Crippen LogP contribution in [0, 0.1) is 6.92 Å². The number of nitrogens with one attached hydrogen (secondary N) is 1. The van der Waals surface area contributed by atoms with Crippen LogP contribution in [0.4, 0.5) is 0 Å². The van der Waals surface area contributed by atoms with Crippen molar-refractivity contribution in [1.29, 1.82) is 0 Å². The highest BCUT2D eigenvalue weighted by Crippen LogP contribution is 2.18. The van der Waals surface area contributed by atoms with Crippen molar-refractivity contribution >= 4 is 26.0 Å². The van der Waals surface area contributed by atoms with Crippen molar-refractivity contribution < 1.29 is 13.2 Å². The molecule has 124 valence electrons. The van der Waals surface area contributed by atoms with Crippen LogP contribution in [0.15, 0.2) is 59.5 Å². The summed E-state index contributed by atoms with van der Waals surface area (Å²) in [6.07, 6.45) is -0.325. The first-order chi connectivity index (χ1) is 11.0. The molecule has 1 N–H and O–H groups in total. The van der Waals surface area contributed by atoms with Gasteiger partial charge < -0.3 is 4.74 Å². The molecule has 23 heavy (non-hydrogen) atoms. The van der Waals surface area contributed by atoms with Crippen LogP contribution in [0.2, 0.25) is 0 Å². The number of hydrogen-bond donors (Lipinski definition) is 1. The first kappa shape index (κ1) is 18.1. The zero-order valence-corrected chi connectivity index (χ0v) is 15.3. The highest BCUT2D eigenvalue weighted by Gasteiger charge is 2.18. The molecule has 0 aliphatic heterocycles. The summed E-state index contributed by atoms with van der Waals surface area (Å²) in [6.45, 7) is 2.61. The van der Waals surface area contributed by atoms with E-state index in [2.05, 4.69) is 20.7 Å². The normalized spacial score (nSPS) is 13.0. The quantitative estimate of drug-likeness (QED) is 0.694. The summed E-state index contributed by atoms with van der Waals surface area (Å²) in [6, 6.07) is 16.4. The Morgan fingerprint density at radius 1 is 1.09 bits per heavy atom. The number of alkyl halides is 1. The summed E-state index contributed by atoms with van der Waals surface area (Å²) in [5.41, 5.74) is 1.96. The van der Waals surface area contributed by atoms with E-state index in [1.54, 1.807) is 24.3 Å². The molecule has 0 saturated carbocycles. The summed E-state index contributed by atoms with van der Waals surface area (Å²) in [5, 5.41) is 0.695. The van der Waals surface area contributed by atoms with Crippen LogP contribution in [0.1, 0.15) is 17.2 Å². The molecule has 0 fully saturated rings. The molecule has 4 nitrogen and oxygen atoms in total. The van der Waals surface area contributed by atoms with Crippen LogP contribution in [0.3, 0.4) is 0 Å². The molecule has 0 unspecified atom stereocenters. The largest absolute Gasteiger partial charge is 0.371 e. The topological polar surface area (TPSA) is 55.4 Å². The lowest BCUT2D eigenvalue weighted by molar-refractivity contribution is 0.0686. The minimum Gasteiger partial charge on any atom is -0.371 e. The van der Waals surface area contributed by atoms with Gasteiger partial charge in [0.25, 0.3) is 0 Å². The minimum absolute atomic E-state index is 0.188. The second kappa shape index (κ2) is 8.59. The van der Waals surface area contributed by atoms with Crippen molar-refractivity contribution in [2.75, 3.05) is 18.5 Å². The summed E-state index contributed by atoms with van der Waals surface area (Å²) in [5.74, 6) is 0. The van der Waals surface area contributed by atoms with Gasteiger partial charge in [-0.15, -0.1) is 0 Å². The van der Waals surface area contributed by atoms with Gasteiger partial charge in [0.15, 0.2) is 0 Å². The Hall–Kier alpha value is -1.21. The molecule has 0 bridgehead atoms. The Bertz CT molecular complexity index is 702. The zero-order valence-electron chi connectivity index (χ0n) is 12.9. The van der Waals surface area contributed by atoms with E-state index in [4.69, 9.17) is 4.74 Å². The van der Waals surface area contributed by atoms with E-state index in [0.717, 1.165) is 11.1 Å². The SMILES string of the molecule is Cc1ccc(S(=O)(=O)NC[C@@H](OCCBr)c2ccccc2)cc1. The number of hydrogen-bond acceptors (Lipinski definition) is 3. The molecule has 0 spiro atoms. The molecule has 2 aromatic carbocycles. The van der Waals surface area contributed by atoms with Crippen LogP contribution < -0.4 is 4.72 Å². The van der Waals surface area contributed by atoms with Gasteiger partial charge in [-0.3, -0.25) is 0 Å². The molecule has 0 heterocycles. The molecular weight excluding hydrogens is 378 g/mol. The Kier molecular flexibility index (Phi) is 6.77. The summed E-state index contributed by atoms with van der Waals surface area (Å²) in [4.78, 5) is 0.260. The van der Waals surface area contributed by atoms with E-state index in [-0.39, 0.29) is 17.5 Å². The first-order valence-electron chi connectivity index (χ1n) is 7.32. The summed E-state index contributed by atoms with van der Waals surface area (Å²) >= 11 is 3.32. The molecule has 0 aliphatic rings. The maximum atomic E-state index is 12.4. The fourth-order valence-corrected chi connectivity index (χ4v) is 3.33. The standard InChI is InChI=1S/C17H20BrNO3S/c1-14-7-9-16(10-8-14)23(20,21)19-13-17(22-12-11-18)15-5-3-2-4-6-15/h2-10,17,19H,11-13H2,1H3/t17-/m1/s1. The van der Waals surface area contributed by atoms with Crippen molar-refractivity contribution in [3.63, 3.8) is 0 Å². The third-order valence-corrected chi connectivity index (χ3v) is 5.12. The molecule has 0 radical (unpaired) electrons. The van der Waals surface area contributed by atoms with E-state index < -0.39 is 10.0 Å². The maximum Gasteiger partial charge on any atom is 0.240 e. The van der Waals surface area contributed by atoms with Crippen LogP contribution in [-0.2, 0) is 14.8 Å². The number of benzene rings is 2. The van der Waals surface area contributed by atoms with E-state index in [9.17, 15) is 8.42 Å². The van der Waals surface area contributed by atoms with Gasteiger partial charge in [-0.1, -0.05) is 64.0 Å². The van der Waals surface area contributed by atoms with Crippen molar-refractivity contribution in [2.45, 2.75) is 17.9 Å². The van der Waals surface area contributed by atoms with E-state index >= 15 is 0 Å². The van der Waals surface area contributed by atoms with E-state index in [1.807, 2.05) is 37.3 Å². The fourth-order valence-electron chi connectivity index (χ4n) is 2.11. The van der Waals surface area contributed by atoms with Gasteiger partial charge in [-0.05, 0) is 24.6 Å². The predicted molar refractivity (Wildman–Crippen MR) is 95.3 cm³/mol. The Morgan fingerprint density at radius 2 is 1.74 bits per heavy atom. The summed E-state index contributed by atoms with van der Waals surface area (Å²) in [7, 11) is -3.55. The highest BCUT2D eigenvalue weighted by atomic mass is 79.9. The lowest BCUT2D eigenvalue weighted by Crippen LogP contribution is -2.30. The third kappa shape index (κ3) is 5.42. The Balaban J connectivity index is 2.09. The second-order valence-corrected chi connectivity index (χ2v) is 7.68. The van der Waals surface area contributed by atoms with Crippen LogP contribution in [0.25, 0.3) is 0 Å². The summed E-state index contributed by atoms with van der Waals surface area (Å²) < 4.78 is 33.1. The Morgan fingerprint density at radius 3 is 2.35 bits per heavy atom. The van der Waals surface area contributed by atoms with Gasteiger partial charge in [0.1, 0.15) is 0 Å². The van der Waals surface area contributed by atoms with Crippen LogP contribution in [-0.4, -0.2) is 26.9 Å². The fraction of sp³-hybridized carbons (Fsp3) is 0.294. The minimum atomic E-state index is -3.55. The molecule has 0 aromatic heterocycles. The van der Waals surface area contributed by atoms with Gasteiger partial charge in [-0.25, -0.2) is 13.1 Å². The van der Waals surface area contributed by atoms with Gasteiger partial charge >= 0.3 is 0 Å². The molecular formula is C17H20BrNO3S. The van der Waals surface area contributed by atoms with E-state index in [0.29, 0.717) is 11.9 Å². The molecule has 0 saturated heterocycles. The van der Waals surface area contributed by atoms with Gasteiger partial charge in [0, 0.05) is 11.9 Å².